The van der Waals surface area contributed by atoms with E-state index in [4.69, 9.17) is 5.73 Å². The fraction of sp³-hybridized carbons (Fsp3) is 0.500. The third kappa shape index (κ3) is 3.70. The Morgan fingerprint density at radius 3 is 2.56 bits per heavy atom. The zero-order chi connectivity index (χ0) is 12.0. The van der Waals surface area contributed by atoms with E-state index in [0.29, 0.717) is 11.4 Å². The molecule has 0 fully saturated rings. The van der Waals surface area contributed by atoms with Crippen LogP contribution in [0.15, 0.2) is 18.2 Å². The summed E-state index contributed by atoms with van der Waals surface area (Å²) in [5.41, 5.74) is 6.44. The van der Waals surface area contributed by atoms with Crippen LogP contribution in [0.1, 0.15) is 13.8 Å². The molecule has 0 amide bonds. The molecular formula is C12H20FN3. The van der Waals surface area contributed by atoms with E-state index in [2.05, 4.69) is 24.1 Å². The first kappa shape index (κ1) is 12.8. The van der Waals surface area contributed by atoms with Crippen molar-refractivity contribution >= 4 is 11.4 Å². The molecule has 1 aromatic rings. The lowest BCUT2D eigenvalue weighted by atomic mass is 10.2. The zero-order valence-electron chi connectivity index (χ0n) is 9.96. The molecule has 0 unspecified atom stereocenters. The van der Waals surface area contributed by atoms with Gasteiger partial charge in [-0.2, -0.15) is 0 Å². The first-order chi connectivity index (χ1) is 7.67. The molecule has 0 bridgehead atoms. The van der Waals surface area contributed by atoms with Crippen molar-refractivity contribution in [2.45, 2.75) is 13.8 Å². The van der Waals surface area contributed by atoms with Crippen molar-refractivity contribution < 1.29 is 4.39 Å². The molecule has 90 valence electrons. The van der Waals surface area contributed by atoms with Gasteiger partial charge in [0.05, 0.1) is 5.69 Å². The van der Waals surface area contributed by atoms with E-state index in [-0.39, 0.29) is 5.82 Å². The van der Waals surface area contributed by atoms with Crippen LogP contribution in [0.25, 0.3) is 0 Å². The highest BCUT2D eigenvalue weighted by molar-refractivity contribution is 5.52. The molecular weight excluding hydrogens is 205 g/mol. The molecule has 0 aliphatic rings. The number of rotatable bonds is 6. The molecule has 16 heavy (non-hydrogen) atoms. The van der Waals surface area contributed by atoms with Crippen LogP contribution >= 0.6 is 0 Å². The molecule has 0 aliphatic heterocycles. The van der Waals surface area contributed by atoms with E-state index in [1.54, 1.807) is 12.1 Å². The van der Waals surface area contributed by atoms with Crippen LogP contribution in [0, 0.1) is 5.82 Å². The lowest BCUT2D eigenvalue weighted by Crippen LogP contribution is -2.28. The second-order valence-corrected chi connectivity index (χ2v) is 3.69. The van der Waals surface area contributed by atoms with E-state index in [1.165, 1.54) is 6.07 Å². The normalized spacial score (nSPS) is 10.8. The number of hydrogen-bond acceptors (Lipinski definition) is 3. The fourth-order valence-electron chi connectivity index (χ4n) is 1.56. The summed E-state index contributed by atoms with van der Waals surface area (Å²) in [7, 11) is 0. The highest BCUT2D eigenvalue weighted by atomic mass is 19.1. The lowest BCUT2D eigenvalue weighted by molar-refractivity contribution is 0.316. The second-order valence-electron chi connectivity index (χ2n) is 3.69. The van der Waals surface area contributed by atoms with Gasteiger partial charge in [-0.15, -0.1) is 0 Å². The molecule has 0 spiro atoms. The topological polar surface area (TPSA) is 41.3 Å². The quantitative estimate of drug-likeness (QED) is 0.729. The summed E-state index contributed by atoms with van der Waals surface area (Å²) in [4.78, 5) is 2.28. The Balaban J connectivity index is 2.42. The van der Waals surface area contributed by atoms with Crippen LogP contribution in [-0.4, -0.2) is 31.1 Å². The molecule has 3 nitrogen and oxygen atoms in total. The first-order valence-corrected chi connectivity index (χ1v) is 5.68. The number of nitrogen functional groups attached to an aromatic ring is 1. The summed E-state index contributed by atoms with van der Waals surface area (Å²) in [6.45, 7) is 7.92. The molecule has 0 heterocycles. The van der Waals surface area contributed by atoms with Crippen molar-refractivity contribution in [3.63, 3.8) is 0 Å². The molecule has 4 heteroatoms. The van der Waals surface area contributed by atoms with Gasteiger partial charge in [-0.25, -0.2) is 4.39 Å². The number of nitrogens with zero attached hydrogens (tertiary/aromatic N) is 1. The Hall–Kier alpha value is -1.29. The smallest absolute Gasteiger partial charge is 0.148 e. The van der Waals surface area contributed by atoms with Crippen molar-refractivity contribution in [1.82, 2.24) is 4.90 Å². The number of benzene rings is 1. The molecule has 0 atom stereocenters. The monoisotopic (exact) mass is 225 g/mol. The summed E-state index contributed by atoms with van der Waals surface area (Å²) >= 11 is 0. The minimum absolute atomic E-state index is 0.292. The minimum atomic E-state index is -0.292. The van der Waals surface area contributed by atoms with Crippen LogP contribution in [0.2, 0.25) is 0 Å². The maximum Gasteiger partial charge on any atom is 0.148 e. The Kier molecular flexibility index (Phi) is 5.05. The van der Waals surface area contributed by atoms with Gasteiger partial charge in [-0.1, -0.05) is 13.8 Å². The summed E-state index contributed by atoms with van der Waals surface area (Å²) in [5.74, 6) is -0.292. The van der Waals surface area contributed by atoms with Crippen LogP contribution in [0.5, 0.6) is 0 Å². The Morgan fingerprint density at radius 1 is 1.31 bits per heavy atom. The van der Waals surface area contributed by atoms with E-state index in [9.17, 15) is 4.39 Å². The second kappa shape index (κ2) is 6.33. The van der Waals surface area contributed by atoms with Crippen molar-refractivity contribution in [2.75, 3.05) is 37.2 Å². The van der Waals surface area contributed by atoms with Crippen LogP contribution in [-0.2, 0) is 0 Å². The molecule has 1 rings (SSSR count). The fourth-order valence-corrected chi connectivity index (χ4v) is 1.56. The number of hydrogen-bond donors (Lipinski definition) is 2. The average Bonchev–Trinajstić information content (AvgIpc) is 2.27. The van der Waals surface area contributed by atoms with Crippen LogP contribution in [0.4, 0.5) is 15.8 Å². The highest BCUT2D eigenvalue weighted by Crippen LogP contribution is 2.16. The minimum Gasteiger partial charge on any atom is -0.399 e. The SMILES string of the molecule is CCN(CC)CCNc1ccc(N)cc1F. The summed E-state index contributed by atoms with van der Waals surface area (Å²) in [6.07, 6.45) is 0. The third-order valence-electron chi connectivity index (χ3n) is 2.63. The van der Waals surface area contributed by atoms with Gasteiger partial charge in [-0.05, 0) is 31.3 Å². The third-order valence-corrected chi connectivity index (χ3v) is 2.63. The number of nitrogens with two attached hydrogens (primary N) is 1. The van der Waals surface area contributed by atoms with Gasteiger partial charge in [0.2, 0.25) is 0 Å². The van der Waals surface area contributed by atoms with Gasteiger partial charge >= 0.3 is 0 Å². The van der Waals surface area contributed by atoms with Gasteiger partial charge in [0.25, 0.3) is 0 Å². The van der Waals surface area contributed by atoms with Gasteiger partial charge in [0.1, 0.15) is 5.82 Å². The van der Waals surface area contributed by atoms with Gasteiger partial charge < -0.3 is 16.0 Å². The zero-order valence-corrected chi connectivity index (χ0v) is 9.96. The summed E-state index contributed by atoms with van der Waals surface area (Å²) < 4.78 is 13.4. The Morgan fingerprint density at radius 2 is 2.00 bits per heavy atom. The molecule has 0 radical (unpaired) electrons. The standard InChI is InChI=1S/C12H20FN3/c1-3-16(4-2)8-7-15-12-6-5-10(14)9-11(12)13/h5-6,9,15H,3-4,7-8,14H2,1-2H3. The van der Waals surface area contributed by atoms with E-state index < -0.39 is 0 Å². The molecule has 1 aromatic carbocycles. The van der Waals surface area contributed by atoms with E-state index in [1.807, 2.05) is 0 Å². The summed E-state index contributed by atoms with van der Waals surface area (Å²) in [6, 6.07) is 4.70. The molecule has 0 saturated heterocycles. The van der Waals surface area contributed by atoms with Gasteiger partial charge in [0.15, 0.2) is 0 Å². The first-order valence-electron chi connectivity index (χ1n) is 5.68. The van der Waals surface area contributed by atoms with Gasteiger partial charge in [-0.3, -0.25) is 0 Å². The predicted molar refractivity (Wildman–Crippen MR) is 67.1 cm³/mol. The van der Waals surface area contributed by atoms with Crippen molar-refractivity contribution in [1.29, 1.82) is 0 Å². The van der Waals surface area contributed by atoms with E-state index in [0.717, 1.165) is 26.2 Å². The number of nitrogens with one attached hydrogen (secondary N) is 1. The van der Waals surface area contributed by atoms with Gasteiger partial charge in [0, 0.05) is 18.8 Å². The predicted octanol–water partition coefficient (Wildman–Crippen LogP) is 2.16. The molecule has 0 aliphatic carbocycles. The highest BCUT2D eigenvalue weighted by Gasteiger charge is 2.02. The van der Waals surface area contributed by atoms with Crippen molar-refractivity contribution in [3.05, 3.63) is 24.0 Å². The number of anilines is 2. The number of likely N-dealkylation sites (N-methyl/N-ethyl adjacent to an activating group) is 1. The molecule has 0 aromatic heterocycles. The maximum atomic E-state index is 13.4. The largest absolute Gasteiger partial charge is 0.399 e. The van der Waals surface area contributed by atoms with Crippen molar-refractivity contribution in [2.24, 2.45) is 0 Å². The average molecular weight is 225 g/mol. The summed E-state index contributed by atoms with van der Waals surface area (Å²) in [5, 5.41) is 3.07. The van der Waals surface area contributed by atoms with Crippen LogP contribution in [0.3, 0.4) is 0 Å². The van der Waals surface area contributed by atoms with E-state index >= 15 is 0 Å². The number of halogens is 1. The Bertz CT molecular complexity index is 324. The maximum absolute atomic E-state index is 13.4. The van der Waals surface area contributed by atoms with Crippen molar-refractivity contribution in [3.8, 4) is 0 Å². The molecule has 0 saturated carbocycles. The molecule has 3 N–H and O–H groups in total. The lowest BCUT2D eigenvalue weighted by Gasteiger charge is -2.18. The Labute approximate surface area is 96.4 Å². The van der Waals surface area contributed by atoms with Crippen LogP contribution < -0.4 is 11.1 Å².